The predicted octanol–water partition coefficient (Wildman–Crippen LogP) is 11.1. The third kappa shape index (κ3) is 8.51. The lowest BCUT2D eigenvalue weighted by Gasteiger charge is -2.32. The Bertz CT molecular complexity index is 3100. The van der Waals surface area contributed by atoms with E-state index in [-0.39, 0.29) is 55.5 Å². The van der Waals surface area contributed by atoms with E-state index in [0.717, 1.165) is 20.8 Å². The first kappa shape index (κ1) is 43.6. The van der Waals surface area contributed by atoms with Gasteiger partial charge in [-0.3, -0.25) is 29.1 Å². The molecule has 2 N–H and O–H groups in total. The number of carbonyl (C=O) groups is 6. The lowest BCUT2D eigenvalue weighted by Crippen LogP contribution is -2.43. The summed E-state index contributed by atoms with van der Waals surface area (Å²) in [4.78, 5) is 86.9. The van der Waals surface area contributed by atoms with Crippen molar-refractivity contribution < 1.29 is 39.0 Å². The number of rotatable bonds is 4. The van der Waals surface area contributed by atoms with Crippen LogP contribution in [0.3, 0.4) is 0 Å². The molecule has 68 heavy (non-hydrogen) atoms. The fourth-order valence-electron chi connectivity index (χ4n) is 8.06. The Morgan fingerprint density at radius 2 is 0.662 bits per heavy atom. The summed E-state index contributed by atoms with van der Waals surface area (Å²) in [5.41, 5.74) is 2.32. The third-order valence-electron chi connectivity index (χ3n) is 11.3. The molecular formula is C56H36N4O8. The maximum absolute atomic E-state index is 13.5. The van der Waals surface area contributed by atoms with Crippen molar-refractivity contribution in [3.8, 4) is 0 Å². The van der Waals surface area contributed by atoms with E-state index in [9.17, 15) is 39.0 Å². The summed E-state index contributed by atoms with van der Waals surface area (Å²) < 4.78 is 0. The molecule has 12 rings (SSSR count). The molecule has 8 aromatic carbocycles. The van der Waals surface area contributed by atoms with Gasteiger partial charge in [0.1, 0.15) is 0 Å². The largest absolute Gasteiger partial charge is 0.478 e. The molecule has 12 heteroatoms. The quantitative estimate of drug-likeness (QED) is 0.162. The molecule has 0 saturated carbocycles. The second-order valence-electron chi connectivity index (χ2n) is 15.4. The van der Waals surface area contributed by atoms with Crippen LogP contribution in [-0.2, 0) is 0 Å². The molecule has 2 aliphatic rings. The zero-order valence-electron chi connectivity index (χ0n) is 35.8. The molecule has 12 nitrogen and oxygen atoms in total. The van der Waals surface area contributed by atoms with Crippen molar-refractivity contribution in [2.24, 2.45) is 0 Å². The van der Waals surface area contributed by atoms with E-state index in [1.165, 1.54) is 94.3 Å². The molecule has 0 fully saturated rings. The number of anilines is 2. The summed E-state index contributed by atoms with van der Waals surface area (Å²) in [5.74, 6) is -5.37. The van der Waals surface area contributed by atoms with Crippen LogP contribution in [0.1, 0.15) is 62.1 Å². The van der Waals surface area contributed by atoms with Crippen LogP contribution in [0.15, 0.2) is 207 Å². The monoisotopic (exact) mass is 892 g/mol. The molecule has 10 aromatic rings. The van der Waals surface area contributed by atoms with Crippen molar-refractivity contribution in [1.82, 2.24) is 9.97 Å². The summed E-state index contributed by atoms with van der Waals surface area (Å²) in [7, 11) is 0. The number of fused-ring (bicyclic) bond motifs is 3. The average Bonchev–Trinajstić information content (AvgIpc) is 3.38. The molecular weight excluding hydrogens is 857 g/mol. The van der Waals surface area contributed by atoms with Gasteiger partial charge in [-0.1, -0.05) is 109 Å². The van der Waals surface area contributed by atoms with Gasteiger partial charge in [-0.25, -0.2) is 19.4 Å². The van der Waals surface area contributed by atoms with Crippen LogP contribution in [0.2, 0.25) is 0 Å². The highest BCUT2D eigenvalue weighted by Gasteiger charge is 2.41. The number of hydrogen-bond donors (Lipinski definition) is 2. The van der Waals surface area contributed by atoms with Gasteiger partial charge in [-0.15, -0.1) is 0 Å². The minimum Gasteiger partial charge on any atom is -0.478 e. The van der Waals surface area contributed by atoms with Gasteiger partial charge in [-0.2, -0.15) is 0 Å². The van der Waals surface area contributed by atoms with Crippen LogP contribution in [0, 0.1) is 0 Å². The fraction of sp³-hybridized carbons (Fsp3) is 0. The van der Waals surface area contributed by atoms with Gasteiger partial charge in [0, 0.05) is 56.2 Å². The van der Waals surface area contributed by atoms with Gasteiger partial charge in [-0.05, 0) is 95.7 Å². The summed E-state index contributed by atoms with van der Waals surface area (Å²) in [6.07, 6.45) is 3.62. The van der Waals surface area contributed by atoms with Crippen molar-refractivity contribution in [3.05, 3.63) is 240 Å². The first-order valence-electron chi connectivity index (χ1n) is 21.2. The molecule has 2 aliphatic heterocycles. The maximum Gasteiger partial charge on any atom is 0.335 e. The minimum atomic E-state index is -1.22. The van der Waals surface area contributed by atoms with Gasteiger partial charge in [0.05, 0.1) is 33.5 Å². The number of aromatic carboxylic acids is 2. The van der Waals surface area contributed by atoms with Crippen LogP contribution >= 0.6 is 0 Å². The Kier molecular flexibility index (Phi) is 12.0. The van der Waals surface area contributed by atoms with Crippen LogP contribution in [-0.4, -0.2) is 55.7 Å². The summed E-state index contributed by atoms with van der Waals surface area (Å²) in [6.45, 7) is 0. The number of imide groups is 2. The molecule has 328 valence electrons. The molecule has 4 heterocycles. The predicted molar refractivity (Wildman–Crippen MR) is 260 cm³/mol. The molecule has 0 saturated heterocycles. The summed E-state index contributed by atoms with van der Waals surface area (Å²) >= 11 is 0. The highest BCUT2D eigenvalue weighted by atomic mass is 16.4. The Hall–Kier alpha value is -9.68. The molecule has 0 spiro atoms. The Labute approximate surface area is 387 Å². The average molecular weight is 893 g/mol. The van der Waals surface area contributed by atoms with Gasteiger partial charge in [0.15, 0.2) is 0 Å². The Balaban J connectivity index is 0.000000152. The second-order valence-corrected chi connectivity index (χ2v) is 15.4. The number of benzene rings is 8. The third-order valence-corrected chi connectivity index (χ3v) is 11.3. The van der Waals surface area contributed by atoms with Gasteiger partial charge in [0.2, 0.25) is 0 Å². The maximum atomic E-state index is 13.5. The molecule has 0 aliphatic carbocycles. The first-order valence-corrected chi connectivity index (χ1v) is 21.2. The molecule has 4 amide bonds. The molecule has 0 radical (unpaired) electrons. The SMILES string of the molecule is O=C(O)c1cccc(N2C(=O)c3ccc4c5c(ccc(c35)C2=O)C(=O)N(c2cccc(C(=O)O)c2)C4=O)c1.c1ccc2ccccc2c1.c1ccc2ncccc2c1.c1ccc2ncccc2c1. The number of pyridine rings is 2. The van der Waals surface area contributed by atoms with E-state index >= 15 is 0 Å². The van der Waals surface area contributed by atoms with E-state index in [2.05, 4.69) is 82.8 Å². The van der Waals surface area contributed by atoms with E-state index in [1.807, 2.05) is 60.9 Å². The van der Waals surface area contributed by atoms with Crippen molar-refractivity contribution in [1.29, 1.82) is 0 Å². The van der Waals surface area contributed by atoms with Crippen molar-refractivity contribution in [2.45, 2.75) is 0 Å². The van der Waals surface area contributed by atoms with E-state index in [1.54, 1.807) is 0 Å². The normalized spacial score (nSPS) is 12.4. The van der Waals surface area contributed by atoms with Crippen molar-refractivity contribution in [3.63, 3.8) is 0 Å². The fourth-order valence-corrected chi connectivity index (χ4v) is 8.06. The lowest BCUT2D eigenvalue weighted by atomic mass is 9.85. The van der Waals surface area contributed by atoms with E-state index in [0.29, 0.717) is 0 Å². The van der Waals surface area contributed by atoms with Crippen molar-refractivity contribution >= 4 is 90.3 Å². The second kappa shape index (κ2) is 18.8. The van der Waals surface area contributed by atoms with E-state index in [4.69, 9.17) is 0 Å². The number of carbonyl (C=O) groups excluding carboxylic acids is 4. The number of para-hydroxylation sites is 2. The topological polar surface area (TPSA) is 175 Å². The van der Waals surface area contributed by atoms with Crippen LogP contribution < -0.4 is 9.80 Å². The molecule has 0 unspecified atom stereocenters. The number of aromatic nitrogens is 2. The smallest absolute Gasteiger partial charge is 0.335 e. The summed E-state index contributed by atoms with van der Waals surface area (Å²) in [6, 6.07) is 57.2. The van der Waals surface area contributed by atoms with Gasteiger partial charge < -0.3 is 10.2 Å². The molecule has 2 aromatic heterocycles. The summed E-state index contributed by atoms with van der Waals surface area (Å²) in [5, 5.41) is 24.0. The standard InChI is InChI=1S/C28H14N2O8.C10H8.2C9H7N/c31-23-17-7-9-19-22-20(26(34)30(25(19)33)16-6-2-4-14(12-16)28(37)38)10-8-18(21(17)22)24(32)29(23)15-5-1-3-13(11-15)27(35)36;1-2-6-10-8-4-3-7-9(10)5-1;2*1-2-6-9-8(4-1)5-3-7-10-9/h1-12H,(H,35,36)(H,37,38);1-8H;2*1-7H. The number of carboxylic acids is 2. The zero-order valence-corrected chi connectivity index (χ0v) is 35.8. The highest BCUT2D eigenvalue weighted by Crippen LogP contribution is 2.40. The first-order chi connectivity index (χ1) is 33.1. The Morgan fingerprint density at radius 1 is 0.353 bits per heavy atom. The number of carboxylic acid groups (broad SMARTS) is 2. The van der Waals surface area contributed by atoms with E-state index < -0.39 is 35.6 Å². The minimum absolute atomic E-state index is 0.0654. The zero-order chi connectivity index (χ0) is 47.3. The van der Waals surface area contributed by atoms with Gasteiger partial charge in [0.25, 0.3) is 23.6 Å². The molecule has 0 bridgehead atoms. The van der Waals surface area contributed by atoms with Crippen LogP contribution in [0.5, 0.6) is 0 Å². The highest BCUT2D eigenvalue weighted by molar-refractivity contribution is 6.42. The number of hydrogen-bond acceptors (Lipinski definition) is 8. The Morgan fingerprint density at radius 3 is 0.985 bits per heavy atom. The number of nitrogens with zero attached hydrogens (tertiary/aromatic N) is 4. The van der Waals surface area contributed by atoms with Crippen molar-refractivity contribution in [2.75, 3.05) is 9.80 Å². The lowest BCUT2D eigenvalue weighted by molar-refractivity contribution is 0.0686. The van der Waals surface area contributed by atoms with Crippen LogP contribution in [0.25, 0.3) is 43.4 Å². The molecule has 0 atom stereocenters. The number of amides is 4. The van der Waals surface area contributed by atoms with Crippen LogP contribution in [0.4, 0.5) is 11.4 Å². The van der Waals surface area contributed by atoms with Gasteiger partial charge >= 0.3 is 11.9 Å².